The van der Waals surface area contributed by atoms with E-state index in [0.717, 1.165) is 25.8 Å². The van der Waals surface area contributed by atoms with E-state index in [4.69, 9.17) is 6.42 Å². The molecule has 1 amide bonds. The zero-order valence-corrected chi connectivity index (χ0v) is 11.2. The number of amides is 1. The van der Waals surface area contributed by atoms with Crippen molar-refractivity contribution in [1.29, 1.82) is 0 Å². The molecule has 0 spiro atoms. The highest BCUT2D eigenvalue weighted by atomic mass is 16.1. The SMILES string of the molecule is C#CC#CCCC=CC=CC(=O)NCCC(C)C. The Bertz CT molecular complexity index is 386. The van der Waals surface area contributed by atoms with E-state index in [0.29, 0.717) is 5.92 Å². The number of carbonyl (C=O) groups excluding carboxylic acids is 1. The molecule has 2 nitrogen and oxygen atoms in total. The maximum atomic E-state index is 11.3. The molecule has 0 aromatic rings. The Morgan fingerprint density at radius 1 is 1.39 bits per heavy atom. The minimum Gasteiger partial charge on any atom is -0.353 e. The lowest BCUT2D eigenvalue weighted by molar-refractivity contribution is -0.116. The Labute approximate surface area is 111 Å². The molecule has 0 aromatic carbocycles. The van der Waals surface area contributed by atoms with Crippen molar-refractivity contribution in [3.05, 3.63) is 24.3 Å². The molecular weight excluding hydrogens is 222 g/mol. The lowest BCUT2D eigenvalue weighted by Gasteiger charge is -2.04. The van der Waals surface area contributed by atoms with Crippen LogP contribution in [0, 0.1) is 30.1 Å². The topological polar surface area (TPSA) is 29.1 Å². The van der Waals surface area contributed by atoms with Gasteiger partial charge in [0.15, 0.2) is 0 Å². The van der Waals surface area contributed by atoms with Crippen molar-refractivity contribution in [2.75, 3.05) is 6.54 Å². The summed E-state index contributed by atoms with van der Waals surface area (Å²) in [6, 6.07) is 0. The predicted molar refractivity (Wildman–Crippen MR) is 76.6 cm³/mol. The van der Waals surface area contributed by atoms with Gasteiger partial charge in [-0.1, -0.05) is 38.0 Å². The van der Waals surface area contributed by atoms with Crippen LogP contribution in [-0.2, 0) is 4.79 Å². The van der Waals surface area contributed by atoms with Gasteiger partial charge in [0.25, 0.3) is 0 Å². The Morgan fingerprint density at radius 2 is 2.17 bits per heavy atom. The normalized spacial score (nSPS) is 10.3. The summed E-state index contributed by atoms with van der Waals surface area (Å²) in [5.74, 6) is 8.20. The highest BCUT2D eigenvalue weighted by Gasteiger charge is 1.95. The number of rotatable bonds is 7. The largest absolute Gasteiger partial charge is 0.353 e. The first-order chi connectivity index (χ1) is 8.66. The van der Waals surface area contributed by atoms with E-state index in [1.54, 1.807) is 6.08 Å². The molecule has 0 aliphatic rings. The van der Waals surface area contributed by atoms with Crippen LogP contribution in [0.25, 0.3) is 0 Å². The van der Waals surface area contributed by atoms with Crippen LogP contribution in [0.3, 0.4) is 0 Å². The molecule has 1 N–H and O–H groups in total. The molecule has 2 heteroatoms. The summed E-state index contributed by atoms with van der Waals surface area (Å²) >= 11 is 0. The van der Waals surface area contributed by atoms with E-state index in [-0.39, 0.29) is 5.91 Å². The molecule has 0 aromatic heterocycles. The van der Waals surface area contributed by atoms with Crippen molar-refractivity contribution in [1.82, 2.24) is 5.32 Å². The highest BCUT2D eigenvalue weighted by molar-refractivity contribution is 5.87. The molecule has 0 atom stereocenters. The molecule has 0 unspecified atom stereocenters. The van der Waals surface area contributed by atoms with Crippen LogP contribution < -0.4 is 5.32 Å². The molecule has 0 aliphatic carbocycles. The van der Waals surface area contributed by atoms with E-state index in [9.17, 15) is 4.79 Å². The van der Waals surface area contributed by atoms with Crippen molar-refractivity contribution in [3.63, 3.8) is 0 Å². The van der Waals surface area contributed by atoms with Gasteiger partial charge in [0, 0.05) is 19.0 Å². The van der Waals surface area contributed by atoms with Crippen LogP contribution >= 0.6 is 0 Å². The summed E-state index contributed by atoms with van der Waals surface area (Å²) in [6.45, 7) is 4.99. The van der Waals surface area contributed by atoms with Crippen molar-refractivity contribution in [2.45, 2.75) is 33.1 Å². The van der Waals surface area contributed by atoms with Gasteiger partial charge in [-0.05, 0) is 30.6 Å². The lowest BCUT2D eigenvalue weighted by Crippen LogP contribution is -2.23. The second-order valence-electron chi connectivity index (χ2n) is 4.25. The van der Waals surface area contributed by atoms with E-state index >= 15 is 0 Å². The Morgan fingerprint density at radius 3 is 2.83 bits per heavy atom. The summed E-state index contributed by atoms with van der Waals surface area (Å²) in [7, 11) is 0. The number of unbranched alkanes of at least 4 members (excludes halogenated alkanes) is 1. The number of hydrogen-bond donors (Lipinski definition) is 1. The maximum absolute atomic E-state index is 11.3. The van der Waals surface area contributed by atoms with Gasteiger partial charge in [0.1, 0.15) is 0 Å². The van der Waals surface area contributed by atoms with Gasteiger partial charge in [0.05, 0.1) is 0 Å². The molecule has 0 rings (SSSR count). The molecule has 18 heavy (non-hydrogen) atoms. The van der Waals surface area contributed by atoms with Crippen LogP contribution in [0.2, 0.25) is 0 Å². The Hall–Kier alpha value is -1.93. The van der Waals surface area contributed by atoms with E-state index in [1.165, 1.54) is 6.08 Å². The van der Waals surface area contributed by atoms with Gasteiger partial charge in [-0.2, -0.15) is 0 Å². The molecular formula is C16H21NO. The standard InChI is InChI=1S/C16H21NO/c1-4-5-6-7-8-9-10-11-12-16(18)17-14-13-15(2)3/h1,9-12,15H,7-8,13-14H2,2-3H3,(H,17,18). The van der Waals surface area contributed by atoms with Crippen LogP contribution in [-0.4, -0.2) is 12.5 Å². The minimum atomic E-state index is -0.0487. The lowest BCUT2D eigenvalue weighted by atomic mass is 10.1. The smallest absolute Gasteiger partial charge is 0.243 e. The van der Waals surface area contributed by atoms with Crippen molar-refractivity contribution < 1.29 is 4.79 Å². The van der Waals surface area contributed by atoms with Crippen molar-refractivity contribution in [3.8, 4) is 24.2 Å². The first-order valence-corrected chi connectivity index (χ1v) is 6.21. The van der Waals surface area contributed by atoms with Gasteiger partial charge in [-0.3, -0.25) is 4.79 Å². The van der Waals surface area contributed by atoms with Gasteiger partial charge < -0.3 is 5.32 Å². The molecule has 0 saturated heterocycles. The van der Waals surface area contributed by atoms with E-state index in [2.05, 4.69) is 36.9 Å². The number of hydrogen-bond acceptors (Lipinski definition) is 1. The third kappa shape index (κ3) is 12.1. The third-order valence-electron chi connectivity index (χ3n) is 2.11. The summed E-state index contributed by atoms with van der Waals surface area (Å²) in [5.41, 5.74) is 0. The van der Waals surface area contributed by atoms with Crippen molar-refractivity contribution in [2.24, 2.45) is 5.92 Å². The molecule has 0 aliphatic heterocycles. The van der Waals surface area contributed by atoms with Gasteiger partial charge in [-0.25, -0.2) is 0 Å². The van der Waals surface area contributed by atoms with Crippen LogP contribution in [0.4, 0.5) is 0 Å². The number of allylic oxidation sites excluding steroid dienone is 3. The van der Waals surface area contributed by atoms with E-state index < -0.39 is 0 Å². The molecule has 0 saturated carbocycles. The van der Waals surface area contributed by atoms with Gasteiger partial charge in [-0.15, -0.1) is 6.42 Å². The summed E-state index contributed by atoms with van der Waals surface area (Å²) < 4.78 is 0. The molecule has 0 fully saturated rings. The Balaban J connectivity index is 3.65. The van der Waals surface area contributed by atoms with Gasteiger partial charge >= 0.3 is 0 Å². The molecule has 0 bridgehead atoms. The Kier molecular flexibility index (Phi) is 10.3. The number of terminal acetylenes is 1. The van der Waals surface area contributed by atoms with E-state index in [1.807, 2.05) is 12.2 Å². The maximum Gasteiger partial charge on any atom is 0.243 e. The monoisotopic (exact) mass is 243 g/mol. The van der Waals surface area contributed by atoms with Crippen LogP contribution in [0.15, 0.2) is 24.3 Å². The zero-order chi connectivity index (χ0) is 13.6. The molecule has 0 radical (unpaired) electrons. The second-order valence-corrected chi connectivity index (χ2v) is 4.25. The fourth-order valence-corrected chi connectivity index (χ4v) is 1.13. The fraction of sp³-hybridized carbons (Fsp3) is 0.438. The molecule has 0 heterocycles. The predicted octanol–water partition coefficient (Wildman–Crippen LogP) is 2.68. The first kappa shape index (κ1) is 16.1. The number of carbonyl (C=O) groups is 1. The van der Waals surface area contributed by atoms with Crippen LogP contribution in [0.1, 0.15) is 33.1 Å². The quantitative estimate of drug-likeness (QED) is 0.317. The molecule has 96 valence electrons. The summed E-state index contributed by atoms with van der Waals surface area (Å²) in [4.78, 5) is 11.3. The highest BCUT2D eigenvalue weighted by Crippen LogP contribution is 1.96. The average molecular weight is 243 g/mol. The number of nitrogens with one attached hydrogen (secondary N) is 1. The minimum absolute atomic E-state index is 0.0487. The average Bonchev–Trinajstić information content (AvgIpc) is 2.32. The second kappa shape index (κ2) is 11.6. The zero-order valence-electron chi connectivity index (χ0n) is 11.2. The van der Waals surface area contributed by atoms with Crippen LogP contribution in [0.5, 0.6) is 0 Å². The van der Waals surface area contributed by atoms with Crippen molar-refractivity contribution >= 4 is 5.91 Å². The fourth-order valence-electron chi connectivity index (χ4n) is 1.13. The summed E-state index contributed by atoms with van der Waals surface area (Å²) in [5, 5.41) is 2.83. The summed E-state index contributed by atoms with van der Waals surface area (Å²) in [6.07, 6.45) is 14.7. The first-order valence-electron chi connectivity index (χ1n) is 6.21. The third-order valence-corrected chi connectivity index (χ3v) is 2.11. The van der Waals surface area contributed by atoms with Gasteiger partial charge in [0.2, 0.25) is 5.91 Å².